The van der Waals surface area contributed by atoms with Crippen molar-refractivity contribution in [3.63, 3.8) is 0 Å². The molecule has 3 nitrogen and oxygen atoms in total. The minimum absolute atomic E-state index is 0.0493. The van der Waals surface area contributed by atoms with Crippen molar-refractivity contribution in [2.45, 2.75) is 38.7 Å². The summed E-state index contributed by atoms with van der Waals surface area (Å²) in [6.07, 6.45) is 2.25. The van der Waals surface area contributed by atoms with Crippen molar-refractivity contribution in [1.29, 1.82) is 0 Å². The van der Waals surface area contributed by atoms with Gasteiger partial charge < -0.3 is 10.0 Å². The molecule has 2 rings (SSSR count). The summed E-state index contributed by atoms with van der Waals surface area (Å²) in [6, 6.07) is 5.73. The van der Waals surface area contributed by atoms with Crippen LogP contribution in [0.5, 0.6) is 0 Å². The standard InChI is InChI=1S/C15H20BrNO2/c1-11-5-3-6-12(13(11)16)14(18)17-9-4-7-15(2,19)8-10-17/h3,5-6,19H,4,7-10H2,1-2H3. The number of benzene rings is 1. The van der Waals surface area contributed by atoms with E-state index in [9.17, 15) is 9.90 Å². The summed E-state index contributed by atoms with van der Waals surface area (Å²) in [5.74, 6) is 0.0493. The van der Waals surface area contributed by atoms with E-state index in [1.54, 1.807) is 0 Å². The molecule has 1 aromatic carbocycles. The van der Waals surface area contributed by atoms with Gasteiger partial charge >= 0.3 is 0 Å². The second kappa shape index (κ2) is 5.63. The Labute approximate surface area is 122 Å². The minimum Gasteiger partial charge on any atom is -0.390 e. The number of aliphatic hydroxyl groups is 1. The maximum absolute atomic E-state index is 12.6. The maximum atomic E-state index is 12.6. The lowest BCUT2D eigenvalue weighted by Gasteiger charge is -2.23. The van der Waals surface area contributed by atoms with Crippen LogP contribution in [0.1, 0.15) is 42.1 Å². The van der Waals surface area contributed by atoms with E-state index in [0.29, 0.717) is 18.5 Å². The van der Waals surface area contributed by atoms with Crippen LogP contribution in [0.25, 0.3) is 0 Å². The van der Waals surface area contributed by atoms with E-state index in [0.717, 1.165) is 29.4 Å². The molecule has 1 aromatic rings. The molecule has 19 heavy (non-hydrogen) atoms. The molecule has 1 amide bonds. The molecule has 1 N–H and O–H groups in total. The van der Waals surface area contributed by atoms with Gasteiger partial charge in [0, 0.05) is 17.6 Å². The van der Waals surface area contributed by atoms with Crippen molar-refractivity contribution in [1.82, 2.24) is 4.90 Å². The summed E-state index contributed by atoms with van der Waals surface area (Å²) in [6.45, 7) is 5.17. The Kier molecular flexibility index (Phi) is 4.31. The van der Waals surface area contributed by atoms with Crippen LogP contribution < -0.4 is 0 Å². The first kappa shape index (κ1) is 14.5. The molecular weight excluding hydrogens is 306 g/mol. The average Bonchev–Trinajstić information content (AvgIpc) is 2.53. The molecule has 1 aliphatic heterocycles. The third-order valence-electron chi connectivity index (χ3n) is 3.77. The fourth-order valence-corrected chi connectivity index (χ4v) is 2.88. The molecule has 4 heteroatoms. The molecule has 1 heterocycles. The van der Waals surface area contributed by atoms with Crippen LogP contribution in [0, 0.1) is 6.92 Å². The molecule has 104 valence electrons. The number of aryl methyl sites for hydroxylation is 1. The second-order valence-corrected chi connectivity index (χ2v) is 6.37. The monoisotopic (exact) mass is 325 g/mol. The Bertz CT molecular complexity index is 485. The van der Waals surface area contributed by atoms with Gasteiger partial charge in [0.1, 0.15) is 0 Å². The summed E-state index contributed by atoms with van der Waals surface area (Å²) < 4.78 is 0.871. The number of hydrogen-bond donors (Lipinski definition) is 1. The highest BCUT2D eigenvalue weighted by Gasteiger charge is 2.28. The summed E-state index contributed by atoms with van der Waals surface area (Å²) in [5.41, 5.74) is 1.13. The first-order valence-corrected chi connectivity index (χ1v) is 7.47. The van der Waals surface area contributed by atoms with Gasteiger partial charge in [0.05, 0.1) is 11.2 Å². The normalized spacial score (nSPS) is 24.1. The van der Waals surface area contributed by atoms with E-state index < -0.39 is 5.60 Å². The summed E-state index contributed by atoms with van der Waals surface area (Å²) in [4.78, 5) is 14.4. The molecule has 1 fully saturated rings. The summed E-state index contributed by atoms with van der Waals surface area (Å²) in [5, 5.41) is 10.1. The predicted molar refractivity (Wildman–Crippen MR) is 79.3 cm³/mol. The molecule has 0 radical (unpaired) electrons. The highest BCUT2D eigenvalue weighted by molar-refractivity contribution is 9.10. The third-order valence-corrected chi connectivity index (χ3v) is 4.83. The largest absolute Gasteiger partial charge is 0.390 e. The molecule has 1 saturated heterocycles. The topological polar surface area (TPSA) is 40.5 Å². The molecule has 0 saturated carbocycles. The molecule has 0 aliphatic carbocycles. The zero-order chi connectivity index (χ0) is 14.0. The highest BCUT2D eigenvalue weighted by atomic mass is 79.9. The fraction of sp³-hybridized carbons (Fsp3) is 0.533. The van der Waals surface area contributed by atoms with Gasteiger partial charge in [-0.2, -0.15) is 0 Å². The number of amides is 1. The van der Waals surface area contributed by atoms with E-state index in [2.05, 4.69) is 15.9 Å². The van der Waals surface area contributed by atoms with Crippen molar-refractivity contribution < 1.29 is 9.90 Å². The SMILES string of the molecule is Cc1cccc(C(=O)N2CCCC(C)(O)CC2)c1Br. The zero-order valence-corrected chi connectivity index (χ0v) is 13.0. The molecular formula is C15H20BrNO2. The van der Waals surface area contributed by atoms with Crippen molar-refractivity contribution in [2.75, 3.05) is 13.1 Å². The lowest BCUT2D eigenvalue weighted by atomic mass is 9.98. The van der Waals surface area contributed by atoms with Gasteiger partial charge in [-0.15, -0.1) is 0 Å². The molecule has 0 bridgehead atoms. The lowest BCUT2D eigenvalue weighted by Crippen LogP contribution is -2.33. The van der Waals surface area contributed by atoms with Gasteiger partial charge in [-0.05, 0) is 60.7 Å². The predicted octanol–water partition coefficient (Wildman–Crippen LogP) is 3.13. The number of likely N-dealkylation sites (tertiary alicyclic amines) is 1. The Morgan fingerprint density at radius 1 is 1.37 bits per heavy atom. The average molecular weight is 326 g/mol. The minimum atomic E-state index is -0.640. The molecule has 1 aliphatic rings. The van der Waals surface area contributed by atoms with Gasteiger partial charge in [-0.3, -0.25) is 4.79 Å². The Balaban J connectivity index is 2.18. The van der Waals surface area contributed by atoms with Crippen molar-refractivity contribution >= 4 is 21.8 Å². The van der Waals surface area contributed by atoms with Crippen molar-refractivity contribution in [3.05, 3.63) is 33.8 Å². The van der Waals surface area contributed by atoms with Gasteiger partial charge in [-0.1, -0.05) is 12.1 Å². The summed E-state index contributed by atoms with van der Waals surface area (Å²) in [7, 11) is 0. The highest BCUT2D eigenvalue weighted by Crippen LogP contribution is 2.26. The van der Waals surface area contributed by atoms with Crippen LogP contribution in [0.15, 0.2) is 22.7 Å². The van der Waals surface area contributed by atoms with E-state index in [1.807, 2.05) is 36.9 Å². The Morgan fingerprint density at radius 2 is 2.11 bits per heavy atom. The van der Waals surface area contributed by atoms with Crippen LogP contribution >= 0.6 is 15.9 Å². The maximum Gasteiger partial charge on any atom is 0.255 e. The van der Waals surface area contributed by atoms with Crippen molar-refractivity contribution in [3.8, 4) is 0 Å². The molecule has 1 unspecified atom stereocenters. The zero-order valence-electron chi connectivity index (χ0n) is 11.4. The van der Waals surface area contributed by atoms with E-state index >= 15 is 0 Å². The number of halogens is 1. The van der Waals surface area contributed by atoms with Crippen LogP contribution in [-0.2, 0) is 0 Å². The van der Waals surface area contributed by atoms with E-state index in [4.69, 9.17) is 0 Å². The van der Waals surface area contributed by atoms with E-state index in [1.165, 1.54) is 0 Å². The van der Waals surface area contributed by atoms with Crippen molar-refractivity contribution in [2.24, 2.45) is 0 Å². The molecule has 0 aromatic heterocycles. The Morgan fingerprint density at radius 3 is 2.84 bits per heavy atom. The van der Waals surface area contributed by atoms with Gasteiger partial charge in [0.2, 0.25) is 0 Å². The number of nitrogens with zero attached hydrogens (tertiary/aromatic N) is 1. The van der Waals surface area contributed by atoms with E-state index in [-0.39, 0.29) is 5.91 Å². The quantitative estimate of drug-likeness (QED) is 0.861. The van der Waals surface area contributed by atoms with Crippen LogP contribution in [-0.4, -0.2) is 34.6 Å². The molecule has 0 spiro atoms. The fourth-order valence-electron chi connectivity index (χ4n) is 2.45. The lowest BCUT2D eigenvalue weighted by molar-refractivity contribution is 0.0438. The first-order valence-electron chi connectivity index (χ1n) is 6.67. The van der Waals surface area contributed by atoms with Crippen LogP contribution in [0.4, 0.5) is 0 Å². The van der Waals surface area contributed by atoms with Gasteiger partial charge in [-0.25, -0.2) is 0 Å². The molecule has 1 atom stereocenters. The first-order chi connectivity index (χ1) is 8.91. The third kappa shape index (κ3) is 3.37. The van der Waals surface area contributed by atoms with Gasteiger partial charge in [0.15, 0.2) is 0 Å². The van der Waals surface area contributed by atoms with Crippen LogP contribution in [0.3, 0.4) is 0 Å². The second-order valence-electron chi connectivity index (χ2n) is 5.58. The Hall–Kier alpha value is -0.870. The smallest absolute Gasteiger partial charge is 0.255 e. The number of hydrogen-bond acceptors (Lipinski definition) is 2. The van der Waals surface area contributed by atoms with Crippen LogP contribution in [0.2, 0.25) is 0 Å². The number of rotatable bonds is 1. The number of carbonyl (C=O) groups excluding carboxylic acids is 1. The number of carbonyl (C=O) groups is 1. The van der Waals surface area contributed by atoms with Gasteiger partial charge in [0.25, 0.3) is 5.91 Å². The summed E-state index contributed by atoms with van der Waals surface area (Å²) >= 11 is 3.49.